The first-order chi connectivity index (χ1) is 5.68. The van der Waals surface area contributed by atoms with Crippen LogP contribution in [0.4, 0.5) is 0 Å². The molecule has 64 valence electrons. The molecule has 1 heterocycles. The van der Waals surface area contributed by atoms with Crippen LogP contribution in [0.1, 0.15) is 34.9 Å². The lowest BCUT2D eigenvalue weighted by molar-refractivity contribution is 0.0690. The van der Waals surface area contributed by atoms with Crippen LogP contribution in [-0.4, -0.2) is 21.0 Å². The normalized spacial score (nSPS) is 16.4. The summed E-state index contributed by atoms with van der Waals surface area (Å²) >= 11 is 5.55. The van der Waals surface area contributed by atoms with Crippen LogP contribution in [0, 0.1) is 0 Å². The van der Waals surface area contributed by atoms with Gasteiger partial charge in [-0.2, -0.15) is 0 Å². The predicted octanol–water partition coefficient (Wildman–Crippen LogP) is 1.64. The largest absolute Gasteiger partial charge is 0.476 e. The first-order valence-electron chi connectivity index (χ1n) is 3.67. The highest BCUT2D eigenvalue weighted by molar-refractivity contribution is 6.28. The summed E-state index contributed by atoms with van der Waals surface area (Å²) in [6.07, 6.45) is 2.05. The average Bonchev–Trinajstić information content (AvgIpc) is 2.75. The molecule has 0 aliphatic heterocycles. The topological polar surface area (TPSA) is 66.0 Å². The van der Waals surface area contributed by atoms with E-state index in [0.717, 1.165) is 12.8 Å². The van der Waals surface area contributed by atoms with E-state index in [2.05, 4.69) is 9.97 Å². The molecule has 1 saturated carbocycles. The van der Waals surface area contributed by atoms with Gasteiger partial charge in [-0.1, -0.05) is 0 Å². The molecule has 0 spiro atoms. The van der Waals surface area contributed by atoms with Gasteiger partial charge in [-0.25, -0.2) is 9.78 Å². The van der Waals surface area contributed by atoms with Crippen LogP contribution in [0.3, 0.4) is 0 Å². The molecule has 1 aliphatic carbocycles. The Morgan fingerprint density at radius 2 is 2.33 bits per heavy atom. The first kappa shape index (κ1) is 7.61. The number of carboxylic acid groups (broad SMARTS) is 1. The van der Waals surface area contributed by atoms with Crippen molar-refractivity contribution in [2.24, 2.45) is 0 Å². The Morgan fingerprint density at radius 3 is 2.83 bits per heavy atom. The molecule has 0 atom stereocenters. The Kier molecular flexibility index (Phi) is 1.58. The van der Waals surface area contributed by atoms with E-state index in [1.165, 1.54) is 0 Å². The molecule has 1 fully saturated rings. The fourth-order valence-electron chi connectivity index (χ4n) is 1.19. The van der Waals surface area contributed by atoms with Crippen LogP contribution >= 0.6 is 11.6 Å². The molecule has 0 aromatic carbocycles. The van der Waals surface area contributed by atoms with E-state index < -0.39 is 5.97 Å². The van der Waals surface area contributed by atoms with Crippen molar-refractivity contribution in [2.75, 3.05) is 0 Å². The van der Waals surface area contributed by atoms with Gasteiger partial charge in [0, 0.05) is 5.92 Å². The summed E-state index contributed by atoms with van der Waals surface area (Å²) in [5.74, 6) is -0.684. The van der Waals surface area contributed by atoms with Crippen molar-refractivity contribution in [3.63, 3.8) is 0 Å². The third-order valence-corrected chi connectivity index (χ3v) is 2.07. The van der Waals surface area contributed by atoms with Crippen LogP contribution in [-0.2, 0) is 0 Å². The molecule has 0 radical (unpaired) electrons. The number of hydrogen-bond acceptors (Lipinski definition) is 2. The van der Waals surface area contributed by atoms with Crippen molar-refractivity contribution >= 4 is 17.6 Å². The number of nitrogens with one attached hydrogen (secondary N) is 1. The zero-order valence-electron chi connectivity index (χ0n) is 6.17. The highest BCUT2D eigenvalue weighted by Gasteiger charge is 2.31. The van der Waals surface area contributed by atoms with E-state index >= 15 is 0 Å². The van der Waals surface area contributed by atoms with Crippen molar-refractivity contribution in [1.82, 2.24) is 9.97 Å². The lowest BCUT2D eigenvalue weighted by atomic mass is 10.2. The maximum Gasteiger partial charge on any atom is 0.356 e. The molecular weight excluding hydrogens is 180 g/mol. The summed E-state index contributed by atoms with van der Waals surface area (Å²) in [6, 6.07) is 0. The number of aromatic amines is 1. The van der Waals surface area contributed by atoms with Gasteiger partial charge in [0.15, 0.2) is 5.69 Å². The van der Waals surface area contributed by atoms with Crippen LogP contribution in [0.25, 0.3) is 0 Å². The molecule has 1 aromatic heterocycles. The van der Waals surface area contributed by atoms with E-state index in [-0.39, 0.29) is 11.0 Å². The van der Waals surface area contributed by atoms with E-state index in [9.17, 15) is 4.79 Å². The molecule has 0 unspecified atom stereocenters. The van der Waals surface area contributed by atoms with Crippen LogP contribution in [0.2, 0.25) is 5.28 Å². The Balaban J connectivity index is 2.43. The van der Waals surface area contributed by atoms with Crippen LogP contribution in [0.15, 0.2) is 0 Å². The smallest absolute Gasteiger partial charge is 0.356 e. The Morgan fingerprint density at radius 1 is 1.67 bits per heavy atom. The molecule has 12 heavy (non-hydrogen) atoms. The van der Waals surface area contributed by atoms with Gasteiger partial charge in [-0.05, 0) is 24.4 Å². The summed E-state index contributed by atoms with van der Waals surface area (Å²) in [7, 11) is 0. The third kappa shape index (κ3) is 1.18. The number of nitrogens with zero attached hydrogens (tertiary/aromatic N) is 1. The van der Waals surface area contributed by atoms with Crippen molar-refractivity contribution in [1.29, 1.82) is 0 Å². The number of rotatable bonds is 2. The van der Waals surface area contributed by atoms with E-state index in [1.54, 1.807) is 0 Å². The van der Waals surface area contributed by atoms with Gasteiger partial charge in [0.1, 0.15) is 0 Å². The summed E-state index contributed by atoms with van der Waals surface area (Å²) in [5.41, 5.74) is 0.745. The lowest BCUT2D eigenvalue weighted by Gasteiger charge is -1.92. The molecule has 0 bridgehead atoms. The summed E-state index contributed by atoms with van der Waals surface area (Å²) < 4.78 is 0. The molecule has 5 heteroatoms. The number of H-pyrrole nitrogens is 1. The third-order valence-electron chi connectivity index (χ3n) is 1.89. The zero-order chi connectivity index (χ0) is 8.72. The minimum Gasteiger partial charge on any atom is -0.476 e. The van der Waals surface area contributed by atoms with Gasteiger partial charge in [-0.3, -0.25) is 0 Å². The molecule has 2 rings (SSSR count). The number of imidazole rings is 1. The van der Waals surface area contributed by atoms with Crippen molar-refractivity contribution < 1.29 is 9.90 Å². The maximum atomic E-state index is 10.6. The number of halogens is 1. The molecule has 1 aliphatic rings. The summed E-state index contributed by atoms with van der Waals surface area (Å²) in [4.78, 5) is 17.1. The van der Waals surface area contributed by atoms with Crippen molar-refractivity contribution in [3.8, 4) is 0 Å². The molecule has 2 N–H and O–H groups in total. The zero-order valence-corrected chi connectivity index (χ0v) is 6.93. The minimum atomic E-state index is -1.01. The Bertz CT molecular complexity index is 330. The van der Waals surface area contributed by atoms with E-state index in [1.807, 2.05) is 0 Å². The molecular formula is C7H7ClN2O2. The van der Waals surface area contributed by atoms with Gasteiger partial charge >= 0.3 is 5.97 Å². The minimum absolute atomic E-state index is 0.0718. The van der Waals surface area contributed by atoms with Crippen LogP contribution in [0.5, 0.6) is 0 Å². The van der Waals surface area contributed by atoms with E-state index in [4.69, 9.17) is 16.7 Å². The number of carbonyl (C=O) groups is 1. The molecule has 0 saturated heterocycles. The van der Waals surface area contributed by atoms with Gasteiger partial charge in [0.25, 0.3) is 0 Å². The van der Waals surface area contributed by atoms with Gasteiger partial charge < -0.3 is 10.1 Å². The Labute approximate surface area is 73.6 Å². The van der Waals surface area contributed by atoms with E-state index in [0.29, 0.717) is 11.6 Å². The highest BCUT2D eigenvalue weighted by atomic mass is 35.5. The van der Waals surface area contributed by atoms with Gasteiger partial charge in [0.2, 0.25) is 5.28 Å². The highest BCUT2D eigenvalue weighted by Crippen LogP contribution is 2.40. The molecule has 4 nitrogen and oxygen atoms in total. The fraction of sp³-hybridized carbons (Fsp3) is 0.429. The maximum absolute atomic E-state index is 10.6. The molecule has 0 amide bonds. The summed E-state index contributed by atoms with van der Waals surface area (Å²) in [5, 5.41) is 8.88. The van der Waals surface area contributed by atoms with Crippen molar-refractivity contribution in [2.45, 2.75) is 18.8 Å². The van der Waals surface area contributed by atoms with Crippen molar-refractivity contribution in [3.05, 3.63) is 16.7 Å². The first-order valence-corrected chi connectivity index (χ1v) is 4.05. The number of aromatic nitrogens is 2. The quantitative estimate of drug-likeness (QED) is 0.738. The average molecular weight is 187 g/mol. The second-order valence-electron chi connectivity index (χ2n) is 2.87. The second kappa shape index (κ2) is 2.48. The standard InChI is InChI=1S/C7H7ClN2O2/c8-7-9-4(3-1-2-3)5(10-7)6(11)12/h3H,1-2H2,(H,9,10)(H,11,12). The van der Waals surface area contributed by atoms with Gasteiger partial charge in [0.05, 0.1) is 5.69 Å². The monoisotopic (exact) mass is 186 g/mol. The summed E-state index contributed by atoms with van der Waals surface area (Å²) in [6.45, 7) is 0. The fourth-order valence-corrected chi connectivity index (χ4v) is 1.37. The van der Waals surface area contributed by atoms with Gasteiger partial charge in [-0.15, -0.1) is 0 Å². The number of aromatic carboxylic acids is 1. The SMILES string of the molecule is O=C(O)c1nc(Cl)[nH]c1C1CC1. The Hall–Kier alpha value is -1.03. The van der Waals surface area contributed by atoms with Crippen LogP contribution < -0.4 is 0 Å². The number of carboxylic acids is 1. The lowest BCUT2D eigenvalue weighted by Crippen LogP contribution is -2.00. The second-order valence-corrected chi connectivity index (χ2v) is 3.23. The molecule has 1 aromatic rings. The number of hydrogen-bond donors (Lipinski definition) is 2. The predicted molar refractivity (Wildman–Crippen MR) is 42.5 cm³/mol.